The number of aliphatic carboxylic acids is 3. The molecule has 0 unspecified atom stereocenters. The molecule has 2 atom stereocenters. The summed E-state index contributed by atoms with van der Waals surface area (Å²) in [7, 11) is 1.23. The second kappa shape index (κ2) is 15.8. The van der Waals surface area contributed by atoms with Crippen LogP contribution in [0.1, 0.15) is 50.5 Å². The molecule has 1 rings (SSSR count). The van der Waals surface area contributed by atoms with Gasteiger partial charge in [0.05, 0.1) is 5.69 Å². The zero-order chi connectivity index (χ0) is 27.1. The molecule has 0 aromatic heterocycles. The van der Waals surface area contributed by atoms with Crippen molar-refractivity contribution >= 4 is 42.3 Å². The maximum absolute atomic E-state index is 12.3. The molecule has 1 aromatic carbocycles. The number of carbonyl (C=O) groups excluding carboxylic acids is 2. The van der Waals surface area contributed by atoms with Gasteiger partial charge in [-0.25, -0.2) is 14.4 Å². The van der Waals surface area contributed by atoms with Gasteiger partial charge in [0.2, 0.25) is 5.91 Å². The summed E-state index contributed by atoms with van der Waals surface area (Å²) < 4.78 is 0. The van der Waals surface area contributed by atoms with Crippen LogP contribution in [0, 0.1) is 0 Å². The number of benzene rings is 1. The molecule has 0 aliphatic rings. The van der Waals surface area contributed by atoms with E-state index in [1.54, 1.807) is 0 Å². The maximum atomic E-state index is 12.3. The van der Waals surface area contributed by atoms with Gasteiger partial charge in [-0.2, -0.15) is 0 Å². The monoisotopic (exact) mass is 506 g/mol. The number of hydrogen-bond acceptors (Lipinski definition) is 6. The number of carboxylic acids is 3. The van der Waals surface area contributed by atoms with E-state index < -0.39 is 42.4 Å². The highest BCUT2D eigenvalue weighted by molar-refractivity contribution is 5.86. The summed E-state index contributed by atoms with van der Waals surface area (Å²) in [5.41, 5.74) is 1.88. The molecule has 12 heteroatoms. The topological polar surface area (TPSA) is 186 Å². The Kier molecular flexibility index (Phi) is 13.2. The molecule has 0 heterocycles. The van der Waals surface area contributed by atoms with Crippen molar-refractivity contribution in [1.82, 2.24) is 15.5 Å². The Labute approximate surface area is 209 Å². The highest BCUT2D eigenvalue weighted by Crippen LogP contribution is 2.14. The van der Waals surface area contributed by atoms with Crippen LogP contribution in [0.25, 0.3) is 0 Å². The van der Waals surface area contributed by atoms with Gasteiger partial charge in [0.25, 0.3) is 0 Å². The summed E-state index contributed by atoms with van der Waals surface area (Å²) in [5, 5.41) is 32.3. The molecule has 0 spiro atoms. The summed E-state index contributed by atoms with van der Waals surface area (Å²) in [4.78, 5) is 62.6. The Morgan fingerprint density at radius 3 is 2.17 bits per heavy atom. The predicted molar refractivity (Wildman–Crippen MR) is 131 cm³/mol. The van der Waals surface area contributed by atoms with Crippen molar-refractivity contribution in [1.29, 1.82) is 0 Å². The number of urea groups is 1. The van der Waals surface area contributed by atoms with Crippen molar-refractivity contribution in [3.8, 4) is 0 Å². The van der Waals surface area contributed by atoms with Crippen LogP contribution in [0.15, 0.2) is 29.3 Å². The number of aliphatic imine (C=N–C) groups is 1. The van der Waals surface area contributed by atoms with E-state index in [1.165, 1.54) is 7.05 Å². The largest absolute Gasteiger partial charge is 0.481 e. The van der Waals surface area contributed by atoms with Gasteiger partial charge in [-0.3, -0.25) is 14.6 Å². The average molecular weight is 507 g/mol. The molecule has 198 valence electrons. The number of unbranched alkanes of at least 4 members (excludes halogenated alkanes) is 1. The molecule has 0 saturated heterocycles. The van der Waals surface area contributed by atoms with Crippen LogP contribution in [0.3, 0.4) is 0 Å². The molecular weight excluding hydrogens is 472 g/mol. The number of carboxylic acid groups (broad SMARTS) is 3. The molecule has 3 amide bonds. The zero-order valence-electron chi connectivity index (χ0n) is 20.3. The van der Waals surface area contributed by atoms with Crippen molar-refractivity contribution in [2.45, 2.75) is 63.5 Å². The summed E-state index contributed by atoms with van der Waals surface area (Å²) >= 11 is 0. The van der Waals surface area contributed by atoms with Crippen LogP contribution < -0.4 is 10.6 Å². The molecule has 36 heavy (non-hydrogen) atoms. The molecule has 0 aliphatic carbocycles. The summed E-state index contributed by atoms with van der Waals surface area (Å²) in [6.07, 6.45) is 1.98. The van der Waals surface area contributed by atoms with Gasteiger partial charge in [0, 0.05) is 26.4 Å². The van der Waals surface area contributed by atoms with Gasteiger partial charge in [-0.05, 0) is 62.9 Å². The number of hydrogen-bond donors (Lipinski definition) is 5. The van der Waals surface area contributed by atoms with Crippen molar-refractivity contribution in [2.75, 3.05) is 13.6 Å². The van der Waals surface area contributed by atoms with Crippen LogP contribution in [-0.2, 0) is 25.6 Å². The third-order valence-corrected chi connectivity index (χ3v) is 5.53. The minimum absolute atomic E-state index is 0.0948. The number of nitrogens with zero attached hydrogens (tertiary/aromatic N) is 2. The molecule has 0 saturated carbocycles. The second-order valence-electron chi connectivity index (χ2n) is 8.26. The van der Waals surface area contributed by atoms with Gasteiger partial charge in [-0.1, -0.05) is 12.1 Å². The Morgan fingerprint density at radius 2 is 1.61 bits per heavy atom. The lowest BCUT2D eigenvalue weighted by atomic mass is 10.1. The number of amides is 3. The molecule has 0 aliphatic heterocycles. The van der Waals surface area contributed by atoms with E-state index in [9.17, 15) is 29.1 Å². The normalized spacial score (nSPS) is 12.1. The van der Waals surface area contributed by atoms with E-state index in [4.69, 9.17) is 10.2 Å². The molecule has 1 aromatic rings. The first-order valence-corrected chi connectivity index (χ1v) is 11.6. The first-order chi connectivity index (χ1) is 17.0. The standard InChI is InChI=1S/C24H34N4O8/c1-25-17-11-9-16(10-12-17)6-5-8-20(29)26-15-4-3-7-19(23(34)35)28(2)24(36)27-18(22(32)33)13-14-21(30)31/h9-12,18-19H,1,3-8,13-15H2,2H3,(H,26,29)(H,27,36)(H,30,31)(H,32,33)(H,34,35)/t18-,19-/m0/s1. The molecule has 5 N–H and O–H groups in total. The zero-order valence-corrected chi connectivity index (χ0v) is 20.3. The minimum atomic E-state index is -1.45. The van der Waals surface area contributed by atoms with Crippen LogP contribution in [-0.4, -0.2) is 82.5 Å². The molecular formula is C24H34N4O8. The lowest BCUT2D eigenvalue weighted by Crippen LogP contribution is -2.52. The summed E-state index contributed by atoms with van der Waals surface area (Å²) in [6.45, 7) is 3.82. The SMILES string of the molecule is C=Nc1ccc(CCCC(=O)NCCCC[C@@H](C(=O)O)N(C)C(=O)N[C@@H](CCC(=O)O)C(=O)O)cc1. The fourth-order valence-electron chi connectivity index (χ4n) is 3.40. The fraction of sp³-hybridized carbons (Fsp3) is 0.500. The summed E-state index contributed by atoms with van der Waals surface area (Å²) in [6, 6.07) is 4.01. The van der Waals surface area contributed by atoms with E-state index in [-0.39, 0.29) is 18.7 Å². The van der Waals surface area contributed by atoms with Crippen LogP contribution in [0.2, 0.25) is 0 Å². The first kappa shape index (κ1) is 30.1. The van der Waals surface area contributed by atoms with Gasteiger partial charge < -0.3 is 30.9 Å². The van der Waals surface area contributed by atoms with Crippen LogP contribution in [0.5, 0.6) is 0 Å². The van der Waals surface area contributed by atoms with Crippen molar-refractivity contribution in [3.63, 3.8) is 0 Å². The Morgan fingerprint density at radius 1 is 0.944 bits per heavy atom. The maximum Gasteiger partial charge on any atom is 0.326 e. The fourth-order valence-corrected chi connectivity index (χ4v) is 3.40. The first-order valence-electron chi connectivity index (χ1n) is 11.6. The summed E-state index contributed by atoms with van der Waals surface area (Å²) in [5.74, 6) is -3.99. The Balaban J connectivity index is 2.37. The molecule has 0 fully saturated rings. The minimum Gasteiger partial charge on any atom is -0.481 e. The van der Waals surface area contributed by atoms with Crippen LogP contribution in [0.4, 0.5) is 10.5 Å². The van der Waals surface area contributed by atoms with Crippen molar-refractivity contribution in [3.05, 3.63) is 29.8 Å². The third kappa shape index (κ3) is 11.4. The van der Waals surface area contributed by atoms with E-state index in [1.807, 2.05) is 24.3 Å². The molecule has 0 radical (unpaired) electrons. The van der Waals surface area contributed by atoms with Crippen molar-refractivity contribution < 1.29 is 39.3 Å². The van der Waals surface area contributed by atoms with E-state index >= 15 is 0 Å². The Hall–Kier alpha value is -3.96. The lowest BCUT2D eigenvalue weighted by molar-refractivity contribution is -0.142. The predicted octanol–water partition coefficient (Wildman–Crippen LogP) is 2.04. The van der Waals surface area contributed by atoms with E-state index in [0.29, 0.717) is 32.2 Å². The second-order valence-corrected chi connectivity index (χ2v) is 8.26. The molecule has 0 bridgehead atoms. The van der Waals surface area contributed by atoms with Gasteiger partial charge in [0.15, 0.2) is 0 Å². The number of rotatable bonds is 17. The number of likely N-dealkylation sites (N-methyl/N-ethyl adjacent to an activating group) is 1. The van der Waals surface area contributed by atoms with Gasteiger partial charge in [-0.15, -0.1) is 0 Å². The third-order valence-electron chi connectivity index (χ3n) is 5.53. The van der Waals surface area contributed by atoms with E-state index in [2.05, 4.69) is 22.3 Å². The van der Waals surface area contributed by atoms with Crippen molar-refractivity contribution in [2.24, 2.45) is 4.99 Å². The highest BCUT2D eigenvalue weighted by Gasteiger charge is 2.29. The quantitative estimate of drug-likeness (QED) is 0.157. The number of nitrogens with one attached hydrogen (secondary N) is 2. The van der Waals surface area contributed by atoms with E-state index in [0.717, 1.165) is 22.6 Å². The van der Waals surface area contributed by atoms with Crippen LogP contribution >= 0.6 is 0 Å². The number of aryl methyl sites for hydroxylation is 1. The molecule has 12 nitrogen and oxygen atoms in total. The van der Waals surface area contributed by atoms with Gasteiger partial charge in [0.1, 0.15) is 12.1 Å². The smallest absolute Gasteiger partial charge is 0.326 e. The number of carbonyl (C=O) groups is 5. The van der Waals surface area contributed by atoms with Gasteiger partial charge >= 0.3 is 23.9 Å². The Bertz CT molecular complexity index is 919. The average Bonchev–Trinajstić information content (AvgIpc) is 2.83. The highest BCUT2D eigenvalue weighted by atomic mass is 16.4. The lowest BCUT2D eigenvalue weighted by Gasteiger charge is -2.26.